The number of anilines is 1. The van der Waals surface area contributed by atoms with E-state index in [0.717, 1.165) is 5.82 Å². The summed E-state index contributed by atoms with van der Waals surface area (Å²) >= 11 is 1.60. The van der Waals surface area contributed by atoms with Crippen molar-refractivity contribution in [2.24, 2.45) is 0 Å². The zero-order valence-corrected chi connectivity index (χ0v) is 13.2. The molecule has 0 fully saturated rings. The number of hydrogen-bond donors (Lipinski definition) is 0. The fraction of sp³-hybridized carbons (Fsp3) is 0.353. The van der Waals surface area contributed by atoms with Gasteiger partial charge in [0, 0.05) is 17.5 Å². The third-order valence-electron chi connectivity index (χ3n) is 3.68. The molecule has 3 rings (SSSR count). The molecule has 0 aliphatic rings. The lowest BCUT2D eigenvalue weighted by molar-refractivity contribution is 0.605. The number of rotatable bonds is 3. The molecular weight excluding hydrogens is 264 g/mol. The van der Waals surface area contributed by atoms with Crippen LogP contribution in [0.25, 0.3) is 20.9 Å². The highest BCUT2D eigenvalue weighted by Crippen LogP contribution is 2.34. The zero-order chi connectivity index (χ0) is 14.3. The predicted octanol–water partition coefficient (Wildman–Crippen LogP) is 5.07. The third-order valence-corrected chi connectivity index (χ3v) is 4.48. The molecule has 0 aliphatic heterocycles. The first kappa shape index (κ1) is 13.4. The Kier molecular flexibility index (Phi) is 3.38. The van der Waals surface area contributed by atoms with Gasteiger partial charge in [-0.2, -0.15) is 4.37 Å². The van der Waals surface area contributed by atoms with Gasteiger partial charge in [-0.3, -0.25) is 0 Å². The Hall–Kier alpha value is -1.61. The van der Waals surface area contributed by atoms with Crippen molar-refractivity contribution < 1.29 is 0 Å². The molecular formula is C17H20N2S. The lowest BCUT2D eigenvalue weighted by Gasteiger charge is -2.31. The van der Waals surface area contributed by atoms with Crippen LogP contribution in [0.15, 0.2) is 36.4 Å². The van der Waals surface area contributed by atoms with Crippen molar-refractivity contribution in [1.82, 2.24) is 4.37 Å². The summed E-state index contributed by atoms with van der Waals surface area (Å²) in [4.78, 5) is 2.40. The van der Waals surface area contributed by atoms with Crippen LogP contribution in [-0.4, -0.2) is 16.5 Å². The van der Waals surface area contributed by atoms with Crippen molar-refractivity contribution in [3.8, 4) is 0 Å². The minimum absolute atomic E-state index is 0.451. The summed E-state index contributed by atoms with van der Waals surface area (Å²) in [5.74, 6) is 1.13. The Labute approximate surface area is 124 Å². The molecule has 0 amide bonds. The molecule has 1 heterocycles. The molecule has 0 unspecified atom stereocenters. The smallest absolute Gasteiger partial charge is 0.150 e. The molecule has 0 atom stereocenters. The van der Waals surface area contributed by atoms with Crippen LogP contribution in [-0.2, 0) is 0 Å². The highest BCUT2D eigenvalue weighted by molar-refractivity contribution is 7.13. The molecule has 0 saturated heterocycles. The summed E-state index contributed by atoms with van der Waals surface area (Å²) in [5.41, 5.74) is 0. The van der Waals surface area contributed by atoms with Crippen molar-refractivity contribution in [2.75, 3.05) is 4.90 Å². The van der Waals surface area contributed by atoms with Crippen LogP contribution < -0.4 is 4.90 Å². The van der Waals surface area contributed by atoms with Gasteiger partial charge in [-0.25, -0.2) is 0 Å². The zero-order valence-electron chi connectivity index (χ0n) is 12.4. The van der Waals surface area contributed by atoms with E-state index in [4.69, 9.17) is 4.37 Å². The van der Waals surface area contributed by atoms with Crippen LogP contribution in [0.1, 0.15) is 27.7 Å². The van der Waals surface area contributed by atoms with Gasteiger partial charge in [0.1, 0.15) is 0 Å². The lowest BCUT2D eigenvalue weighted by atomic mass is 10.1. The van der Waals surface area contributed by atoms with Gasteiger partial charge in [-0.15, -0.1) is 0 Å². The van der Waals surface area contributed by atoms with Crippen LogP contribution in [0.5, 0.6) is 0 Å². The van der Waals surface area contributed by atoms with Gasteiger partial charge in [-0.1, -0.05) is 24.3 Å². The van der Waals surface area contributed by atoms with Gasteiger partial charge < -0.3 is 4.90 Å². The first-order valence-electron chi connectivity index (χ1n) is 7.14. The fourth-order valence-corrected chi connectivity index (χ4v) is 3.69. The third kappa shape index (κ3) is 2.16. The van der Waals surface area contributed by atoms with Crippen molar-refractivity contribution in [2.45, 2.75) is 39.8 Å². The van der Waals surface area contributed by atoms with Crippen molar-refractivity contribution >= 4 is 38.2 Å². The molecule has 20 heavy (non-hydrogen) atoms. The van der Waals surface area contributed by atoms with Gasteiger partial charge >= 0.3 is 0 Å². The predicted molar refractivity (Wildman–Crippen MR) is 89.9 cm³/mol. The number of hydrogen-bond acceptors (Lipinski definition) is 3. The summed E-state index contributed by atoms with van der Waals surface area (Å²) in [6, 6.07) is 14.0. The summed E-state index contributed by atoms with van der Waals surface area (Å²) in [7, 11) is 0. The van der Waals surface area contributed by atoms with Crippen molar-refractivity contribution in [3.63, 3.8) is 0 Å². The van der Waals surface area contributed by atoms with E-state index in [-0.39, 0.29) is 0 Å². The Morgan fingerprint density at radius 1 is 0.950 bits per heavy atom. The van der Waals surface area contributed by atoms with E-state index in [1.165, 1.54) is 20.9 Å². The lowest BCUT2D eigenvalue weighted by Crippen LogP contribution is -2.37. The normalized spacial score (nSPS) is 11.9. The maximum atomic E-state index is 4.73. The molecule has 1 aromatic heterocycles. The second kappa shape index (κ2) is 5.06. The maximum absolute atomic E-state index is 4.73. The number of aromatic nitrogens is 1. The minimum Gasteiger partial charge on any atom is -0.350 e. The first-order valence-corrected chi connectivity index (χ1v) is 7.92. The van der Waals surface area contributed by atoms with Gasteiger partial charge in [0.15, 0.2) is 5.82 Å². The topological polar surface area (TPSA) is 16.1 Å². The van der Waals surface area contributed by atoms with Crippen LogP contribution in [0, 0.1) is 0 Å². The standard InChI is InChI=1S/C17H20N2S/c1-11(2)19(12(3)4)17-15-9-13-7-5-6-8-14(13)10-16(15)20-18-17/h5-12H,1-4H3. The average Bonchev–Trinajstić information content (AvgIpc) is 2.78. The van der Waals surface area contributed by atoms with E-state index in [2.05, 4.69) is 69.0 Å². The quantitative estimate of drug-likeness (QED) is 0.667. The molecule has 104 valence electrons. The maximum Gasteiger partial charge on any atom is 0.150 e. The second-order valence-electron chi connectivity index (χ2n) is 5.80. The summed E-state index contributed by atoms with van der Waals surface area (Å²) < 4.78 is 6.00. The number of fused-ring (bicyclic) bond motifs is 2. The molecule has 3 aromatic rings. The molecule has 0 aliphatic carbocycles. The molecule has 0 saturated carbocycles. The molecule has 0 spiro atoms. The minimum atomic E-state index is 0.451. The Morgan fingerprint density at radius 2 is 1.55 bits per heavy atom. The van der Waals surface area contributed by atoms with Crippen LogP contribution in [0.2, 0.25) is 0 Å². The van der Waals surface area contributed by atoms with Crippen LogP contribution in [0.3, 0.4) is 0 Å². The monoisotopic (exact) mass is 284 g/mol. The van der Waals surface area contributed by atoms with E-state index >= 15 is 0 Å². The second-order valence-corrected chi connectivity index (χ2v) is 6.60. The van der Waals surface area contributed by atoms with Gasteiger partial charge in [0.25, 0.3) is 0 Å². The van der Waals surface area contributed by atoms with E-state index in [1.807, 2.05) is 0 Å². The van der Waals surface area contributed by atoms with E-state index < -0.39 is 0 Å². The number of nitrogens with zero attached hydrogens (tertiary/aromatic N) is 2. The van der Waals surface area contributed by atoms with E-state index in [9.17, 15) is 0 Å². The molecule has 2 nitrogen and oxygen atoms in total. The molecule has 0 N–H and O–H groups in total. The molecule has 0 bridgehead atoms. The summed E-state index contributed by atoms with van der Waals surface area (Å²) in [5, 5.41) is 3.85. The fourth-order valence-electron chi connectivity index (χ4n) is 2.88. The van der Waals surface area contributed by atoms with Crippen molar-refractivity contribution in [1.29, 1.82) is 0 Å². The van der Waals surface area contributed by atoms with Crippen molar-refractivity contribution in [3.05, 3.63) is 36.4 Å². The van der Waals surface area contributed by atoms with E-state index in [0.29, 0.717) is 12.1 Å². The molecule has 3 heteroatoms. The highest BCUT2D eigenvalue weighted by atomic mass is 32.1. The van der Waals surface area contributed by atoms with E-state index in [1.54, 1.807) is 11.5 Å². The Balaban J connectivity index is 2.24. The SMILES string of the molecule is CC(C)N(c1nsc2cc3ccccc3cc12)C(C)C. The Bertz CT molecular complexity index is 735. The number of benzene rings is 2. The van der Waals surface area contributed by atoms with Crippen LogP contribution in [0.4, 0.5) is 5.82 Å². The van der Waals surface area contributed by atoms with Gasteiger partial charge in [0.05, 0.1) is 4.70 Å². The molecule has 2 aromatic carbocycles. The van der Waals surface area contributed by atoms with Gasteiger partial charge in [0.2, 0.25) is 0 Å². The Morgan fingerprint density at radius 3 is 2.15 bits per heavy atom. The largest absolute Gasteiger partial charge is 0.350 e. The van der Waals surface area contributed by atoms with Crippen LogP contribution >= 0.6 is 11.5 Å². The first-order chi connectivity index (χ1) is 9.58. The summed E-state index contributed by atoms with van der Waals surface area (Å²) in [6.45, 7) is 8.91. The highest BCUT2D eigenvalue weighted by Gasteiger charge is 2.19. The average molecular weight is 284 g/mol. The van der Waals surface area contributed by atoms with Gasteiger partial charge in [-0.05, 0) is 62.1 Å². The summed E-state index contributed by atoms with van der Waals surface area (Å²) in [6.07, 6.45) is 0. The molecule has 0 radical (unpaired) electrons.